The van der Waals surface area contributed by atoms with E-state index >= 15 is 0 Å². The van der Waals surface area contributed by atoms with Gasteiger partial charge in [-0.15, -0.1) is 0 Å². The molecule has 0 radical (unpaired) electrons. The minimum atomic E-state index is -0.120. The van der Waals surface area contributed by atoms with Gasteiger partial charge in [-0.2, -0.15) is 0 Å². The third-order valence-electron chi connectivity index (χ3n) is 3.65. The fourth-order valence-electron chi connectivity index (χ4n) is 2.71. The van der Waals surface area contributed by atoms with Gasteiger partial charge < -0.3 is 19.5 Å². The molecule has 0 saturated carbocycles. The lowest BCUT2D eigenvalue weighted by Gasteiger charge is -2.29. The van der Waals surface area contributed by atoms with Gasteiger partial charge in [-0.25, -0.2) is 0 Å². The second-order valence-electron chi connectivity index (χ2n) is 4.74. The zero-order valence-corrected chi connectivity index (χ0v) is 11.5. The highest BCUT2D eigenvalue weighted by Gasteiger charge is 2.36. The molecule has 4 heteroatoms. The number of ether oxygens (including phenoxy) is 3. The third-order valence-corrected chi connectivity index (χ3v) is 3.65. The van der Waals surface area contributed by atoms with Crippen molar-refractivity contribution in [3.05, 3.63) is 17.7 Å². The van der Waals surface area contributed by atoms with Gasteiger partial charge in [0.1, 0.15) is 5.75 Å². The molecular weight excluding hydrogens is 230 g/mol. The van der Waals surface area contributed by atoms with Gasteiger partial charge in [-0.1, -0.05) is 0 Å². The summed E-state index contributed by atoms with van der Waals surface area (Å²) in [4.78, 5) is 0. The van der Waals surface area contributed by atoms with Gasteiger partial charge in [0, 0.05) is 5.54 Å². The number of hydrogen-bond acceptors (Lipinski definition) is 4. The Morgan fingerprint density at radius 1 is 1.06 bits per heavy atom. The first-order valence-corrected chi connectivity index (χ1v) is 6.20. The Kier molecular flexibility index (Phi) is 3.66. The fourth-order valence-corrected chi connectivity index (χ4v) is 2.71. The van der Waals surface area contributed by atoms with E-state index in [-0.39, 0.29) is 5.54 Å². The van der Waals surface area contributed by atoms with Crippen molar-refractivity contribution in [3.8, 4) is 17.2 Å². The van der Waals surface area contributed by atoms with Crippen LogP contribution < -0.4 is 19.5 Å². The Morgan fingerprint density at radius 3 is 2.22 bits per heavy atom. The highest BCUT2D eigenvalue weighted by molar-refractivity contribution is 5.57. The lowest BCUT2D eigenvalue weighted by Crippen LogP contribution is -2.34. The Labute approximate surface area is 108 Å². The lowest BCUT2D eigenvalue weighted by atomic mass is 9.88. The summed E-state index contributed by atoms with van der Waals surface area (Å²) in [6, 6.07) is 3.81. The molecule has 0 amide bonds. The van der Waals surface area contributed by atoms with E-state index in [1.54, 1.807) is 21.3 Å². The van der Waals surface area contributed by atoms with Crippen molar-refractivity contribution in [1.29, 1.82) is 0 Å². The summed E-state index contributed by atoms with van der Waals surface area (Å²) in [5.41, 5.74) is 0.926. The summed E-state index contributed by atoms with van der Waals surface area (Å²) in [5.74, 6) is 2.33. The molecule has 1 aromatic rings. The Hall–Kier alpha value is -1.42. The van der Waals surface area contributed by atoms with Crippen LogP contribution in [0.3, 0.4) is 0 Å². The normalized spacial score (nSPS) is 22.9. The fraction of sp³-hybridized carbons (Fsp3) is 0.571. The largest absolute Gasteiger partial charge is 0.496 e. The monoisotopic (exact) mass is 251 g/mol. The number of nitrogens with one attached hydrogen (secondary N) is 1. The van der Waals surface area contributed by atoms with E-state index in [2.05, 4.69) is 12.2 Å². The van der Waals surface area contributed by atoms with Gasteiger partial charge in [-0.05, 0) is 38.4 Å². The van der Waals surface area contributed by atoms with Crippen molar-refractivity contribution in [1.82, 2.24) is 5.32 Å². The van der Waals surface area contributed by atoms with Gasteiger partial charge in [-0.3, -0.25) is 0 Å². The summed E-state index contributed by atoms with van der Waals surface area (Å²) < 4.78 is 16.4. The quantitative estimate of drug-likeness (QED) is 0.891. The van der Waals surface area contributed by atoms with Crippen molar-refractivity contribution >= 4 is 0 Å². The van der Waals surface area contributed by atoms with Crippen molar-refractivity contribution in [2.24, 2.45) is 0 Å². The first kappa shape index (κ1) is 13.0. The molecule has 1 heterocycles. The lowest BCUT2D eigenvalue weighted by molar-refractivity contribution is 0.317. The smallest absolute Gasteiger partial charge is 0.169 e. The van der Waals surface area contributed by atoms with E-state index in [0.29, 0.717) is 0 Å². The first-order chi connectivity index (χ1) is 8.66. The maximum atomic E-state index is 5.54. The molecule has 0 aliphatic carbocycles. The standard InChI is InChI=1S/C14H21NO3/c1-14(8-5-9-15-14)12-10(16-2)6-7-11(17-3)13(12)18-4/h6-7,15H,5,8-9H2,1-4H3. The van der Waals surface area contributed by atoms with Gasteiger partial charge in [0.2, 0.25) is 0 Å². The van der Waals surface area contributed by atoms with Crippen LogP contribution in [0.25, 0.3) is 0 Å². The van der Waals surface area contributed by atoms with Crippen LogP contribution in [0.4, 0.5) is 0 Å². The molecule has 1 unspecified atom stereocenters. The highest BCUT2D eigenvalue weighted by atomic mass is 16.5. The molecule has 1 aliphatic heterocycles. The van der Waals surface area contributed by atoms with Crippen molar-refractivity contribution in [2.45, 2.75) is 25.3 Å². The molecule has 1 fully saturated rings. The van der Waals surface area contributed by atoms with Crippen LogP contribution in [-0.2, 0) is 5.54 Å². The van der Waals surface area contributed by atoms with E-state index in [1.807, 2.05) is 12.1 Å². The number of rotatable bonds is 4. The van der Waals surface area contributed by atoms with E-state index in [1.165, 1.54) is 0 Å². The highest BCUT2D eigenvalue weighted by Crippen LogP contribution is 2.46. The molecule has 1 atom stereocenters. The van der Waals surface area contributed by atoms with Gasteiger partial charge in [0.25, 0.3) is 0 Å². The van der Waals surface area contributed by atoms with Crippen LogP contribution in [0.5, 0.6) is 17.2 Å². The number of methoxy groups -OCH3 is 3. The molecule has 100 valence electrons. The zero-order chi connectivity index (χ0) is 13.2. The first-order valence-electron chi connectivity index (χ1n) is 6.20. The topological polar surface area (TPSA) is 39.7 Å². The van der Waals surface area contributed by atoms with Crippen LogP contribution in [0, 0.1) is 0 Å². The van der Waals surface area contributed by atoms with Crippen LogP contribution in [0.1, 0.15) is 25.3 Å². The maximum absolute atomic E-state index is 5.54. The summed E-state index contributed by atoms with van der Waals surface area (Å²) in [6.45, 7) is 3.19. The van der Waals surface area contributed by atoms with E-state index < -0.39 is 0 Å². The summed E-state index contributed by atoms with van der Waals surface area (Å²) >= 11 is 0. The molecule has 18 heavy (non-hydrogen) atoms. The summed E-state index contributed by atoms with van der Waals surface area (Å²) in [5, 5.41) is 3.53. The summed E-state index contributed by atoms with van der Waals surface area (Å²) in [7, 11) is 5.00. The SMILES string of the molecule is COc1ccc(OC)c(C2(C)CCCN2)c1OC. The molecule has 1 aromatic carbocycles. The second-order valence-corrected chi connectivity index (χ2v) is 4.74. The van der Waals surface area contributed by atoms with Crippen LogP contribution in [-0.4, -0.2) is 27.9 Å². The molecule has 1 aliphatic rings. The zero-order valence-electron chi connectivity index (χ0n) is 11.5. The van der Waals surface area contributed by atoms with Gasteiger partial charge in [0.15, 0.2) is 11.5 Å². The van der Waals surface area contributed by atoms with E-state index in [4.69, 9.17) is 14.2 Å². The van der Waals surface area contributed by atoms with Crippen LogP contribution in [0.2, 0.25) is 0 Å². The Bertz CT molecular complexity index is 425. The predicted molar refractivity (Wildman–Crippen MR) is 70.7 cm³/mol. The Balaban J connectivity index is 2.60. The van der Waals surface area contributed by atoms with Crippen molar-refractivity contribution < 1.29 is 14.2 Å². The van der Waals surface area contributed by atoms with Crippen LogP contribution >= 0.6 is 0 Å². The predicted octanol–water partition coefficient (Wildman–Crippen LogP) is 2.31. The number of hydrogen-bond donors (Lipinski definition) is 1. The van der Waals surface area contributed by atoms with Crippen molar-refractivity contribution in [3.63, 3.8) is 0 Å². The Morgan fingerprint density at radius 2 is 1.72 bits per heavy atom. The van der Waals surface area contributed by atoms with Crippen LogP contribution in [0.15, 0.2) is 12.1 Å². The molecular formula is C14H21NO3. The minimum absolute atomic E-state index is 0.120. The molecule has 1 saturated heterocycles. The average Bonchev–Trinajstić information content (AvgIpc) is 2.84. The molecule has 4 nitrogen and oxygen atoms in total. The molecule has 0 bridgehead atoms. The second kappa shape index (κ2) is 5.06. The van der Waals surface area contributed by atoms with Gasteiger partial charge >= 0.3 is 0 Å². The molecule has 1 N–H and O–H groups in total. The molecule has 0 aromatic heterocycles. The maximum Gasteiger partial charge on any atom is 0.169 e. The number of benzene rings is 1. The summed E-state index contributed by atoms with van der Waals surface area (Å²) in [6.07, 6.45) is 2.22. The minimum Gasteiger partial charge on any atom is -0.496 e. The van der Waals surface area contributed by atoms with E-state index in [0.717, 1.165) is 42.2 Å². The van der Waals surface area contributed by atoms with Gasteiger partial charge in [0.05, 0.1) is 26.9 Å². The van der Waals surface area contributed by atoms with E-state index in [9.17, 15) is 0 Å². The van der Waals surface area contributed by atoms with Crippen molar-refractivity contribution in [2.75, 3.05) is 27.9 Å². The molecule has 0 spiro atoms. The third kappa shape index (κ3) is 2.01. The average molecular weight is 251 g/mol. The molecule has 2 rings (SSSR count).